The van der Waals surface area contributed by atoms with Crippen molar-refractivity contribution >= 4 is 47.2 Å². The fourth-order valence-electron chi connectivity index (χ4n) is 10.9. The van der Waals surface area contributed by atoms with Gasteiger partial charge in [-0.2, -0.15) is 0 Å². The number of nitrogens with two attached hydrogens (primary N) is 1. The van der Waals surface area contributed by atoms with Gasteiger partial charge in [-0.15, -0.1) is 0 Å². The summed E-state index contributed by atoms with van der Waals surface area (Å²) in [6, 6.07) is 32.7. The van der Waals surface area contributed by atoms with Crippen molar-refractivity contribution in [1.82, 2.24) is 25.1 Å². The number of morpholine rings is 1. The van der Waals surface area contributed by atoms with Gasteiger partial charge in [0.15, 0.2) is 0 Å². The van der Waals surface area contributed by atoms with Gasteiger partial charge in [-0.05, 0) is 76.3 Å². The molecule has 0 unspecified atom stereocenters. The monoisotopic (exact) mass is 1010 g/mol. The maximum absolute atomic E-state index is 16.7. The number of carbonyl (C=O) groups is 5. The summed E-state index contributed by atoms with van der Waals surface area (Å²) in [4.78, 5) is 101. The number of cyclic esters (lactones) is 1. The van der Waals surface area contributed by atoms with E-state index in [4.69, 9.17) is 19.9 Å². The van der Waals surface area contributed by atoms with Crippen LogP contribution in [0.2, 0.25) is 0 Å². The standard InChI is InChI=1S/C55H49N9O11/c56-52(69)57-23-8-10-35-19-22-43-42(32-35)55(51(68)62(43)54(70)74-34-36-17-20-40(21-18-36)64(71)72)44(49(66)60-26-28-61(29-27-60)53-58-24-9-25-59-53)46-50(67)75-47(38-13-5-2-6-14-38)45(37-11-3-1-4-12-37)63(46)48(55)39-15-7-16-41(33-39)73-31-30-65/h1-7,9,11-22,24-25,32-33,44-48,65H,23,26-31,34H2,(H3,56,57,69)/t44-,45-,46-,47+,48+,55-/m0/s1. The van der Waals surface area contributed by atoms with E-state index in [1.807, 2.05) is 70.5 Å². The number of rotatable bonds is 12. The Labute approximate surface area is 429 Å². The Kier molecular flexibility index (Phi) is 13.9. The van der Waals surface area contributed by atoms with Gasteiger partial charge in [-0.25, -0.2) is 24.5 Å². The molecule has 0 bridgehead atoms. The Morgan fingerprint density at radius 3 is 2.21 bits per heavy atom. The van der Waals surface area contributed by atoms with Crippen LogP contribution < -0.4 is 25.6 Å². The Morgan fingerprint density at radius 2 is 1.53 bits per heavy atom. The molecule has 5 aromatic carbocycles. The lowest BCUT2D eigenvalue weighted by atomic mass is 9.64. The molecule has 0 aliphatic carbocycles. The van der Waals surface area contributed by atoms with Crippen LogP contribution in [0.4, 0.5) is 26.9 Å². The Balaban J connectivity index is 1.21. The summed E-state index contributed by atoms with van der Waals surface area (Å²) in [6.07, 6.45) is 1.12. The van der Waals surface area contributed by atoms with Gasteiger partial charge < -0.3 is 40.2 Å². The van der Waals surface area contributed by atoms with E-state index in [2.05, 4.69) is 27.1 Å². The molecular formula is C55H49N9O11. The van der Waals surface area contributed by atoms with Crippen molar-refractivity contribution in [2.45, 2.75) is 36.3 Å². The number of piperazine rings is 1. The predicted molar refractivity (Wildman–Crippen MR) is 270 cm³/mol. The van der Waals surface area contributed by atoms with Crippen LogP contribution in [0, 0.1) is 27.9 Å². The highest BCUT2D eigenvalue weighted by atomic mass is 16.6. The molecule has 6 aromatic rings. The van der Waals surface area contributed by atoms with E-state index in [-0.39, 0.29) is 49.8 Å². The number of esters is 1. The van der Waals surface area contributed by atoms with Crippen molar-refractivity contribution in [1.29, 1.82) is 0 Å². The molecule has 1 spiro atoms. The number of aliphatic hydroxyl groups excluding tert-OH is 1. The molecule has 4 aliphatic heterocycles. The molecule has 1 aromatic heterocycles. The first-order valence-electron chi connectivity index (χ1n) is 24.1. The van der Waals surface area contributed by atoms with E-state index < -0.39 is 77.0 Å². The normalized spacial score (nSPS) is 21.8. The van der Waals surface area contributed by atoms with Crippen molar-refractivity contribution < 1.29 is 48.2 Å². The number of nitro benzene ring substituents is 1. The summed E-state index contributed by atoms with van der Waals surface area (Å²) in [6.45, 7) is -0.0564. The van der Waals surface area contributed by atoms with Crippen molar-refractivity contribution in [3.05, 3.63) is 189 Å². The Morgan fingerprint density at radius 1 is 0.840 bits per heavy atom. The number of nitrogens with one attached hydrogen (secondary N) is 1. The quantitative estimate of drug-likeness (QED) is 0.0622. The number of urea groups is 1. The number of carbonyl (C=O) groups excluding carboxylic acids is 5. The summed E-state index contributed by atoms with van der Waals surface area (Å²) in [5.41, 5.74) is 5.64. The number of amides is 5. The fraction of sp³-hybridized carbons (Fsp3) is 0.255. The number of nitrogens with zero attached hydrogens (tertiary/aromatic N) is 7. The zero-order valence-electron chi connectivity index (χ0n) is 40.1. The van der Waals surface area contributed by atoms with Gasteiger partial charge in [-0.1, -0.05) is 84.6 Å². The smallest absolute Gasteiger partial charge is 0.421 e. The number of fused-ring (bicyclic) bond motifs is 3. The number of nitro groups is 1. The number of primary amides is 1. The zero-order chi connectivity index (χ0) is 52.2. The SMILES string of the molecule is NC(=O)NCC#Cc1ccc2c(c1)[C@]1(C(=O)N2C(=O)OCc2ccc([N+](=O)[O-])cc2)[C@H](C(=O)N2CCN(c3ncccn3)CC2)[C@H]2C(=O)O[C@H](c3ccccc3)[C@H](c3ccccc3)N2[C@@H]1c1cccc(OCCO)c1. The van der Waals surface area contributed by atoms with E-state index in [1.165, 1.54) is 30.3 Å². The number of aromatic nitrogens is 2. The molecule has 4 aliphatic rings. The van der Waals surface area contributed by atoms with Crippen molar-refractivity contribution in [3.63, 3.8) is 0 Å². The van der Waals surface area contributed by atoms with Crippen LogP contribution in [-0.2, 0) is 35.9 Å². The molecule has 0 radical (unpaired) electrons. The number of hydrogen-bond donors (Lipinski definition) is 3. The second-order valence-electron chi connectivity index (χ2n) is 18.1. The van der Waals surface area contributed by atoms with Gasteiger partial charge in [-0.3, -0.25) is 29.4 Å². The molecule has 5 amide bonds. The van der Waals surface area contributed by atoms with Crippen LogP contribution in [0.15, 0.2) is 146 Å². The lowest BCUT2D eigenvalue weighted by Crippen LogP contribution is -2.59. The highest BCUT2D eigenvalue weighted by Gasteiger charge is 2.76. The largest absolute Gasteiger partial charge is 0.491 e. The molecule has 3 saturated heterocycles. The molecule has 5 heterocycles. The van der Waals surface area contributed by atoms with Gasteiger partial charge in [0, 0.05) is 56.3 Å². The van der Waals surface area contributed by atoms with Crippen LogP contribution in [0.3, 0.4) is 0 Å². The molecule has 75 heavy (non-hydrogen) atoms. The zero-order valence-corrected chi connectivity index (χ0v) is 40.1. The highest BCUT2D eigenvalue weighted by molar-refractivity contribution is 6.23. The first kappa shape index (κ1) is 49.4. The number of hydrogen-bond acceptors (Lipinski definition) is 15. The van der Waals surface area contributed by atoms with Crippen molar-refractivity contribution in [3.8, 4) is 17.6 Å². The molecule has 20 nitrogen and oxygen atoms in total. The lowest BCUT2D eigenvalue weighted by Gasteiger charge is -2.46. The molecule has 4 N–H and O–H groups in total. The Hall–Kier alpha value is -9.19. The molecular weight excluding hydrogens is 963 g/mol. The van der Waals surface area contributed by atoms with E-state index in [0.717, 1.165) is 4.90 Å². The number of imide groups is 1. The maximum Gasteiger partial charge on any atom is 0.421 e. The molecule has 0 saturated carbocycles. The third-order valence-corrected chi connectivity index (χ3v) is 14.0. The third kappa shape index (κ3) is 9.30. The minimum Gasteiger partial charge on any atom is -0.491 e. The number of non-ortho nitro benzene ring substituents is 1. The van der Waals surface area contributed by atoms with Crippen LogP contribution in [0.25, 0.3) is 0 Å². The number of anilines is 2. The topological polar surface area (TPSA) is 253 Å². The second-order valence-corrected chi connectivity index (χ2v) is 18.1. The van der Waals surface area contributed by atoms with Gasteiger partial charge >= 0.3 is 18.1 Å². The molecule has 6 atom stereocenters. The Bertz CT molecular complexity index is 3210. The van der Waals surface area contributed by atoms with Crippen molar-refractivity contribution in [2.24, 2.45) is 11.7 Å². The van der Waals surface area contributed by atoms with Crippen LogP contribution in [0.5, 0.6) is 5.75 Å². The van der Waals surface area contributed by atoms with Gasteiger partial charge in [0.05, 0.1) is 41.8 Å². The van der Waals surface area contributed by atoms with Crippen LogP contribution in [0.1, 0.15) is 51.6 Å². The van der Waals surface area contributed by atoms with E-state index in [1.54, 1.807) is 59.8 Å². The number of benzene rings is 5. The second kappa shape index (κ2) is 21.1. The molecule has 20 heteroatoms. The summed E-state index contributed by atoms with van der Waals surface area (Å²) in [7, 11) is 0. The number of ether oxygens (including phenoxy) is 3. The maximum atomic E-state index is 16.7. The molecule has 380 valence electrons. The summed E-state index contributed by atoms with van der Waals surface area (Å²) >= 11 is 0. The first-order chi connectivity index (χ1) is 36.5. The van der Waals surface area contributed by atoms with Crippen LogP contribution in [-0.4, -0.2) is 112 Å². The first-order valence-corrected chi connectivity index (χ1v) is 24.1. The number of aliphatic hydroxyl groups is 1. The third-order valence-electron chi connectivity index (χ3n) is 14.0. The van der Waals surface area contributed by atoms with Gasteiger partial charge in [0.2, 0.25) is 17.8 Å². The van der Waals surface area contributed by atoms with Crippen LogP contribution >= 0.6 is 0 Å². The predicted octanol–water partition coefficient (Wildman–Crippen LogP) is 5.13. The summed E-state index contributed by atoms with van der Waals surface area (Å²) < 4.78 is 18.5. The van der Waals surface area contributed by atoms with E-state index in [0.29, 0.717) is 52.6 Å². The molecule has 3 fully saturated rings. The highest BCUT2D eigenvalue weighted by Crippen LogP contribution is 2.66. The van der Waals surface area contributed by atoms with E-state index >= 15 is 14.4 Å². The van der Waals surface area contributed by atoms with Gasteiger partial charge in [0.25, 0.3) is 5.69 Å². The lowest BCUT2D eigenvalue weighted by molar-refractivity contribution is -0.384. The average Bonchev–Trinajstić information content (AvgIpc) is 4.03. The fourth-order valence-corrected chi connectivity index (χ4v) is 10.9. The minimum absolute atomic E-state index is 0.0418. The van der Waals surface area contributed by atoms with Gasteiger partial charge in [0.1, 0.15) is 36.5 Å². The molecule has 10 rings (SSSR count). The summed E-state index contributed by atoms with van der Waals surface area (Å²) in [5, 5.41) is 23.8. The summed E-state index contributed by atoms with van der Waals surface area (Å²) in [5.74, 6) is 2.81. The van der Waals surface area contributed by atoms with Crippen molar-refractivity contribution in [2.75, 3.05) is 55.7 Å². The minimum atomic E-state index is -2.18. The van der Waals surface area contributed by atoms with E-state index in [9.17, 15) is 24.8 Å². The average molecular weight is 1010 g/mol.